The summed E-state index contributed by atoms with van der Waals surface area (Å²) < 4.78 is 5.68. The van der Waals surface area contributed by atoms with Crippen molar-refractivity contribution in [3.05, 3.63) is 59.7 Å². The molecule has 0 aromatic heterocycles. The number of hydrogen-bond acceptors (Lipinski definition) is 4. The van der Waals surface area contributed by atoms with Gasteiger partial charge in [0, 0.05) is 18.0 Å². The lowest BCUT2D eigenvalue weighted by atomic mass is 9.81. The van der Waals surface area contributed by atoms with Crippen LogP contribution in [-0.2, 0) is 9.53 Å². The smallest absolute Gasteiger partial charge is 0.407 e. The quantitative estimate of drug-likeness (QED) is 0.705. The van der Waals surface area contributed by atoms with Gasteiger partial charge in [0.25, 0.3) is 0 Å². The van der Waals surface area contributed by atoms with Gasteiger partial charge in [0.05, 0.1) is 12.0 Å². The number of hydrogen-bond donors (Lipinski definition) is 3. The molecule has 0 radical (unpaired) electrons. The van der Waals surface area contributed by atoms with Crippen LogP contribution in [0.1, 0.15) is 49.1 Å². The standard InChI is InChI=1S/C24H26N2O4/c27-22(28)13-24(11-15-9-10-16(12-24)25-15)26-23(29)30-14-21-19-7-3-1-5-17(19)18-6-2-4-8-20(18)21/h1-8,15-16,21,25H,9-14H2,(H,26,29)(H,27,28). The van der Waals surface area contributed by atoms with Gasteiger partial charge in [-0.3, -0.25) is 4.79 Å². The van der Waals surface area contributed by atoms with Crippen molar-refractivity contribution in [2.24, 2.45) is 0 Å². The SMILES string of the molecule is O=C(O)CC1(NC(=O)OCC2c3ccccc3-c3ccccc32)CC2CCC(C1)N2. The van der Waals surface area contributed by atoms with Crippen molar-refractivity contribution in [3.8, 4) is 11.1 Å². The highest BCUT2D eigenvalue weighted by molar-refractivity contribution is 5.79. The number of amides is 1. The topological polar surface area (TPSA) is 87.7 Å². The lowest BCUT2D eigenvalue weighted by Gasteiger charge is -2.40. The van der Waals surface area contributed by atoms with Crippen LogP contribution in [0.3, 0.4) is 0 Å². The second kappa shape index (κ2) is 7.43. The van der Waals surface area contributed by atoms with Crippen LogP contribution in [0.5, 0.6) is 0 Å². The molecule has 3 N–H and O–H groups in total. The molecule has 1 amide bonds. The van der Waals surface area contributed by atoms with Gasteiger partial charge in [0.15, 0.2) is 0 Å². The third-order valence-corrected chi connectivity index (χ3v) is 6.81. The number of aliphatic carboxylic acids is 1. The maximum absolute atomic E-state index is 12.8. The molecule has 6 heteroatoms. The number of carboxylic acid groups (broad SMARTS) is 1. The maximum atomic E-state index is 12.8. The molecular formula is C24H26N2O4. The van der Waals surface area contributed by atoms with Crippen molar-refractivity contribution >= 4 is 12.1 Å². The fraction of sp³-hybridized carbons (Fsp3) is 0.417. The molecule has 6 nitrogen and oxygen atoms in total. The molecule has 2 bridgehead atoms. The lowest BCUT2D eigenvalue weighted by Crippen LogP contribution is -2.59. The average molecular weight is 406 g/mol. The summed E-state index contributed by atoms with van der Waals surface area (Å²) >= 11 is 0. The summed E-state index contributed by atoms with van der Waals surface area (Å²) in [6.45, 7) is 0.230. The summed E-state index contributed by atoms with van der Waals surface area (Å²) in [4.78, 5) is 24.3. The minimum atomic E-state index is -0.893. The summed E-state index contributed by atoms with van der Waals surface area (Å²) in [5.41, 5.74) is 3.93. The molecule has 2 aromatic rings. The first-order valence-corrected chi connectivity index (χ1v) is 10.6. The molecule has 1 aliphatic carbocycles. The number of fused-ring (bicyclic) bond motifs is 5. The van der Waals surface area contributed by atoms with E-state index in [9.17, 15) is 14.7 Å². The highest BCUT2D eigenvalue weighted by Gasteiger charge is 2.46. The Balaban J connectivity index is 1.31. The van der Waals surface area contributed by atoms with Crippen LogP contribution < -0.4 is 10.6 Å². The minimum absolute atomic E-state index is 0.0113. The van der Waals surface area contributed by atoms with E-state index in [-0.39, 0.29) is 31.0 Å². The van der Waals surface area contributed by atoms with Crippen LogP contribution in [0.4, 0.5) is 4.79 Å². The zero-order chi connectivity index (χ0) is 20.7. The Morgan fingerprint density at radius 1 is 1.00 bits per heavy atom. The van der Waals surface area contributed by atoms with Crippen molar-refractivity contribution in [3.63, 3.8) is 0 Å². The van der Waals surface area contributed by atoms with Gasteiger partial charge in [-0.1, -0.05) is 48.5 Å². The zero-order valence-corrected chi connectivity index (χ0v) is 16.8. The molecule has 2 fully saturated rings. The second-order valence-electron chi connectivity index (χ2n) is 8.85. The Labute approximate surface area is 175 Å². The maximum Gasteiger partial charge on any atom is 0.407 e. The molecule has 156 valence electrons. The Bertz CT molecular complexity index is 931. The largest absolute Gasteiger partial charge is 0.481 e. The van der Waals surface area contributed by atoms with Crippen LogP contribution in [0.15, 0.2) is 48.5 Å². The van der Waals surface area contributed by atoms with Crippen molar-refractivity contribution in [2.45, 2.75) is 55.6 Å². The van der Waals surface area contributed by atoms with E-state index in [0.29, 0.717) is 12.8 Å². The van der Waals surface area contributed by atoms with Gasteiger partial charge in [-0.05, 0) is 47.9 Å². The molecule has 2 heterocycles. The van der Waals surface area contributed by atoms with Crippen molar-refractivity contribution in [1.82, 2.24) is 10.6 Å². The van der Waals surface area contributed by atoms with Gasteiger partial charge >= 0.3 is 12.1 Å². The molecule has 3 aliphatic rings. The van der Waals surface area contributed by atoms with E-state index in [4.69, 9.17) is 4.74 Å². The van der Waals surface area contributed by atoms with Gasteiger partial charge in [-0.2, -0.15) is 0 Å². The van der Waals surface area contributed by atoms with Gasteiger partial charge < -0.3 is 20.5 Å². The van der Waals surface area contributed by atoms with Crippen LogP contribution >= 0.6 is 0 Å². The molecule has 30 heavy (non-hydrogen) atoms. The first-order valence-electron chi connectivity index (χ1n) is 10.6. The molecule has 5 rings (SSSR count). The molecule has 2 aliphatic heterocycles. The second-order valence-corrected chi connectivity index (χ2v) is 8.85. The number of nitrogens with one attached hydrogen (secondary N) is 2. The summed E-state index contributed by atoms with van der Waals surface area (Å²) in [6, 6.07) is 16.9. The molecular weight excluding hydrogens is 380 g/mol. The minimum Gasteiger partial charge on any atom is -0.481 e. The van der Waals surface area contributed by atoms with Gasteiger partial charge in [-0.15, -0.1) is 0 Å². The van der Waals surface area contributed by atoms with E-state index in [1.165, 1.54) is 11.1 Å². The van der Waals surface area contributed by atoms with Gasteiger partial charge in [0.2, 0.25) is 0 Å². The number of rotatable bonds is 5. The molecule has 2 aromatic carbocycles. The van der Waals surface area contributed by atoms with E-state index >= 15 is 0 Å². The number of alkyl carbamates (subject to hydrolysis) is 1. The highest BCUT2D eigenvalue weighted by Crippen LogP contribution is 2.44. The number of carboxylic acids is 1. The molecule has 2 atom stereocenters. The number of benzene rings is 2. The van der Waals surface area contributed by atoms with Crippen LogP contribution in [0, 0.1) is 0 Å². The number of carbonyl (C=O) groups is 2. The Hall–Kier alpha value is -2.86. The summed E-state index contributed by atoms with van der Waals surface area (Å²) in [7, 11) is 0. The van der Waals surface area contributed by atoms with Crippen LogP contribution in [0.25, 0.3) is 11.1 Å². The molecule has 2 saturated heterocycles. The third-order valence-electron chi connectivity index (χ3n) is 6.81. The monoisotopic (exact) mass is 406 g/mol. The third kappa shape index (κ3) is 3.45. The summed E-state index contributed by atoms with van der Waals surface area (Å²) in [5, 5.41) is 15.9. The van der Waals surface area contributed by atoms with Crippen molar-refractivity contribution in [2.75, 3.05) is 6.61 Å². The normalized spacial score (nSPS) is 26.7. The summed E-state index contributed by atoms with van der Waals surface area (Å²) in [6.07, 6.45) is 2.70. The Morgan fingerprint density at radius 3 is 2.13 bits per heavy atom. The van der Waals surface area contributed by atoms with E-state index in [0.717, 1.165) is 24.0 Å². The zero-order valence-electron chi connectivity index (χ0n) is 16.8. The highest BCUT2D eigenvalue weighted by atomic mass is 16.5. The van der Waals surface area contributed by atoms with E-state index < -0.39 is 17.6 Å². The number of carbonyl (C=O) groups excluding carboxylic acids is 1. The Kier molecular flexibility index (Phi) is 4.74. The molecule has 0 saturated carbocycles. The number of piperidine rings is 1. The average Bonchev–Trinajstić information content (AvgIpc) is 3.23. The fourth-order valence-corrected chi connectivity index (χ4v) is 5.68. The van der Waals surface area contributed by atoms with E-state index in [2.05, 4.69) is 34.9 Å². The fourth-order valence-electron chi connectivity index (χ4n) is 5.68. The van der Waals surface area contributed by atoms with Crippen molar-refractivity contribution in [1.29, 1.82) is 0 Å². The number of ether oxygens (including phenoxy) is 1. The van der Waals surface area contributed by atoms with E-state index in [1.807, 2.05) is 24.3 Å². The first-order chi connectivity index (χ1) is 14.5. The van der Waals surface area contributed by atoms with Crippen LogP contribution in [0.2, 0.25) is 0 Å². The van der Waals surface area contributed by atoms with Crippen molar-refractivity contribution < 1.29 is 19.4 Å². The lowest BCUT2D eigenvalue weighted by molar-refractivity contribution is -0.139. The van der Waals surface area contributed by atoms with Gasteiger partial charge in [0.1, 0.15) is 6.61 Å². The van der Waals surface area contributed by atoms with Gasteiger partial charge in [-0.25, -0.2) is 4.79 Å². The Morgan fingerprint density at radius 2 is 1.57 bits per heavy atom. The summed E-state index contributed by atoms with van der Waals surface area (Å²) in [5.74, 6) is -0.905. The molecule has 2 unspecified atom stereocenters. The predicted molar refractivity (Wildman–Crippen MR) is 112 cm³/mol. The van der Waals surface area contributed by atoms with Crippen LogP contribution in [-0.4, -0.2) is 41.4 Å². The van der Waals surface area contributed by atoms with E-state index in [1.54, 1.807) is 0 Å². The molecule has 0 spiro atoms. The first kappa shape index (κ1) is 19.1. The predicted octanol–water partition coefficient (Wildman–Crippen LogP) is 3.65.